The third-order valence-electron chi connectivity index (χ3n) is 5.43. The molecule has 5 nitrogen and oxygen atoms in total. The molecule has 4 N–H and O–H groups in total. The minimum Gasteiger partial charge on any atom is -0.323 e. The number of aliphatic imine (C=N–C) groups is 1. The van der Waals surface area contributed by atoms with Crippen LogP contribution in [0.4, 0.5) is 0 Å². The van der Waals surface area contributed by atoms with Crippen LogP contribution in [-0.2, 0) is 0 Å². The monoisotopic (exact) mass is 461 g/mol. The molecular formula is C28H55N5. The molecule has 0 aliphatic rings. The van der Waals surface area contributed by atoms with Gasteiger partial charge in [0.05, 0.1) is 11.4 Å². The summed E-state index contributed by atoms with van der Waals surface area (Å²) in [6.07, 6.45) is 15.1. The first kappa shape index (κ1) is 35.4. The second-order valence-electron chi connectivity index (χ2n) is 8.59. The van der Waals surface area contributed by atoms with Crippen molar-refractivity contribution >= 4 is 17.1 Å². The van der Waals surface area contributed by atoms with Gasteiger partial charge in [0.2, 0.25) is 0 Å². The third kappa shape index (κ3) is 26.0. The molecular weight excluding hydrogens is 406 g/mol. The molecule has 0 fully saturated rings. The van der Waals surface area contributed by atoms with Crippen molar-refractivity contribution in [2.75, 3.05) is 7.05 Å². The number of allylic oxidation sites excluding steroid dienone is 3. The first-order chi connectivity index (χ1) is 15.6. The van der Waals surface area contributed by atoms with Gasteiger partial charge in [-0.05, 0) is 70.1 Å². The van der Waals surface area contributed by atoms with Crippen LogP contribution < -0.4 is 11.7 Å². The normalized spacial score (nSPS) is 11.7. The maximum absolute atomic E-state index is 5.49. The molecule has 0 aromatic carbocycles. The Hall–Kier alpha value is -2.17. The van der Waals surface area contributed by atoms with E-state index in [1.807, 2.05) is 27.7 Å². The highest BCUT2D eigenvalue weighted by Crippen LogP contribution is 2.15. The Morgan fingerprint density at radius 2 is 1.03 bits per heavy atom. The fraction of sp³-hybridized carbons (Fsp3) is 0.679. The number of unbranched alkanes of at least 4 members (excludes halogenated alkanes) is 8. The van der Waals surface area contributed by atoms with E-state index in [4.69, 9.17) is 11.7 Å². The molecule has 0 bridgehead atoms. The first-order valence-corrected chi connectivity index (χ1v) is 12.6. The van der Waals surface area contributed by atoms with Crippen LogP contribution >= 0.6 is 0 Å². The van der Waals surface area contributed by atoms with E-state index in [0.717, 1.165) is 46.7 Å². The second kappa shape index (κ2) is 26.1. The molecule has 0 amide bonds. The molecule has 0 heterocycles. The highest BCUT2D eigenvalue weighted by Gasteiger charge is 2.05. The van der Waals surface area contributed by atoms with Crippen LogP contribution in [0, 0.1) is 0 Å². The summed E-state index contributed by atoms with van der Waals surface area (Å²) in [7, 11) is 1.77. The lowest BCUT2D eigenvalue weighted by Gasteiger charge is -2.09. The molecule has 0 spiro atoms. The second-order valence-corrected chi connectivity index (χ2v) is 8.59. The number of hydrogen-bond acceptors (Lipinski definition) is 5. The van der Waals surface area contributed by atoms with Gasteiger partial charge in [-0.3, -0.25) is 4.99 Å². The average molecular weight is 462 g/mol. The molecule has 0 unspecified atom stereocenters. The fourth-order valence-corrected chi connectivity index (χ4v) is 2.62. The molecule has 33 heavy (non-hydrogen) atoms. The summed E-state index contributed by atoms with van der Waals surface area (Å²) in [5.74, 6) is 10.4. The number of hydrazone groups is 2. The van der Waals surface area contributed by atoms with Crippen molar-refractivity contribution in [1.82, 2.24) is 0 Å². The molecule has 0 aromatic heterocycles. The highest BCUT2D eigenvalue weighted by molar-refractivity contribution is 5.99. The van der Waals surface area contributed by atoms with E-state index in [0.29, 0.717) is 0 Å². The summed E-state index contributed by atoms with van der Waals surface area (Å²) in [6, 6.07) is 0. The van der Waals surface area contributed by atoms with Gasteiger partial charge in [-0.15, -0.1) is 0 Å². The molecule has 0 rings (SSSR count). The number of nitrogens with zero attached hydrogens (tertiary/aromatic N) is 3. The summed E-state index contributed by atoms with van der Waals surface area (Å²) in [4.78, 5) is 3.91. The Morgan fingerprint density at radius 1 is 0.606 bits per heavy atom. The summed E-state index contributed by atoms with van der Waals surface area (Å²) >= 11 is 0. The predicted octanol–water partition coefficient (Wildman–Crippen LogP) is 8.13. The largest absolute Gasteiger partial charge is 0.323 e. The van der Waals surface area contributed by atoms with E-state index in [-0.39, 0.29) is 0 Å². The Balaban J connectivity index is -0.000000524. The molecule has 0 aliphatic carbocycles. The van der Waals surface area contributed by atoms with Crippen molar-refractivity contribution in [3.8, 4) is 0 Å². The Kier molecular flexibility index (Phi) is 28.0. The van der Waals surface area contributed by atoms with Gasteiger partial charge in [0.15, 0.2) is 0 Å². The van der Waals surface area contributed by atoms with Gasteiger partial charge in [-0.1, -0.05) is 85.0 Å². The van der Waals surface area contributed by atoms with Crippen molar-refractivity contribution < 1.29 is 0 Å². The van der Waals surface area contributed by atoms with E-state index < -0.39 is 0 Å². The number of rotatable bonds is 15. The lowest BCUT2D eigenvalue weighted by Crippen LogP contribution is -2.05. The Morgan fingerprint density at radius 3 is 1.30 bits per heavy atom. The summed E-state index contributed by atoms with van der Waals surface area (Å²) in [5, 5.41) is 7.34. The van der Waals surface area contributed by atoms with Crippen LogP contribution in [0.3, 0.4) is 0 Å². The molecule has 5 heteroatoms. The topological polar surface area (TPSA) is 89.1 Å². The summed E-state index contributed by atoms with van der Waals surface area (Å²) in [5.41, 5.74) is 6.01. The van der Waals surface area contributed by atoms with E-state index in [2.05, 4.69) is 48.8 Å². The van der Waals surface area contributed by atoms with Gasteiger partial charge >= 0.3 is 0 Å². The maximum atomic E-state index is 5.49. The molecule has 0 saturated carbocycles. The van der Waals surface area contributed by atoms with Gasteiger partial charge in [0.25, 0.3) is 0 Å². The van der Waals surface area contributed by atoms with Crippen LogP contribution in [0.2, 0.25) is 0 Å². The Labute approximate surface area is 206 Å². The van der Waals surface area contributed by atoms with Crippen molar-refractivity contribution in [3.63, 3.8) is 0 Å². The van der Waals surface area contributed by atoms with E-state index in [1.54, 1.807) is 7.05 Å². The smallest absolute Gasteiger partial charge is 0.0626 e. The van der Waals surface area contributed by atoms with Crippen molar-refractivity contribution in [2.24, 2.45) is 26.9 Å². The minimum absolute atomic E-state index is 0.806. The standard InChI is InChI=1S/C17H34N2.C6H11N.C5H10N2/c1-4-6-8-10-12-14-16(3)17(19-18)15-13-11-9-7-5-2;1-5(2)6(3)7-4;1-4(2)5(3)7-6/h3-15,18H2,1-2H3;1H2,2-4H3;1,6H2,2-3H3. The number of nitrogens with two attached hydrogens (primary N) is 2. The maximum Gasteiger partial charge on any atom is 0.0626 e. The average Bonchev–Trinajstić information content (AvgIpc) is 2.80. The van der Waals surface area contributed by atoms with Crippen LogP contribution in [-0.4, -0.2) is 24.2 Å². The summed E-state index contributed by atoms with van der Waals surface area (Å²) in [6.45, 7) is 23.5. The zero-order chi connectivity index (χ0) is 26.1. The van der Waals surface area contributed by atoms with E-state index in [1.165, 1.54) is 64.2 Å². The molecule has 192 valence electrons. The number of hydrogen-bond donors (Lipinski definition) is 2. The SMILES string of the molecule is C=C(C)C(C)=NC.C=C(C)C(C)=NN.C=C(CCCCCCC)C(CCCCCCC)=NN. The van der Waals surface area contributed by atoms with Crippen LogP contribution in [0.1, 0.15) is 119 Å². The van der Waals surface area contributed by atoms with Gasteiger partial charge in [0, 0.05) is 12.8 Å². The molecule has 0 aromatic rings. The highest BCUT2D eigenvalue weighted by atomic mass is 15.1. The van der Waals surface area contributed by atoms with Crippen LogP contribution in [0.5, 0.6) is 0 Å². The van der Waals surface area contributed by atoms with Gasteiger partial charge in [0.1, 0.15) is 0 Å². The lowest BCUT2D eigenvalue weighted by molar-refractivity contribution is 0.630. The van der Waals surface area contributed by atoms with Gasteiger partial charge in [-0.2, -0.15) is 10.2 Å². The van der Waals surface area contributed by atoms with E-state index in [9.17, 15) is 0 Å². The lowest BCUT2D eigenvalue weighted by atomic mass is 9.99. The van der Waals surface area contributed by atoms with Crippen molar-refractivity contribution in [2.45, 2.75) is 119 Å². The minimum atomic E-state index is 0.806. The summed E-state index contributed by atoms with van der Waals surface area (Å²) < 4.78 is 0. The Bertz CT molecular complexity index is 584. The third-order valence-corrected chi connectivity index (χ3v) is 5.43. The molecule has 0 aliphatic heterocycles. The van der Waals surface area contributed by atoms with E-state index >= 15 is 0 Å². The van der Waals surface area contributed by atoms with Crippen molar-refractivity contribution in [1.29, 1.82) is 0 Å². The quantitative estimate of drug-likeness (QED) is 0.111. The zero-order valence-corrected chi connectivity index (χ0v) is 23.1. The predicted molar refractivity (Wildman–Crippen MR) is 153 cm³/mol. The van der Waals surface area contributed by atoms with Gasteiger partial charge < -0.3 is 11.7 Å². The molecule has 0 saturated heterocycles. The fourth-order valence-electron chi connectivity index (χ4n) is 2.62. The van der Waals surface area contributed by atoms with Gasteiger partial charge in [-0.25, -0.2) is 0 Å². The zero-order valence-electron chi connectivity index (χ0n) is 23.1. The molecule has 0 atom stereocenters. The van der Waals surface area contributed by atoms with Crippen LogP contribution in [0.25, 0.3) is 0 Å². The van der Waals surface area contributed by atoms with Crippen molar-refractivity contribution in [3.05, 3.63) is 36.5 Å². The first-order valence-electron chi connectivity index (χ1n) is 12.6. The molecule has 0 radical (unpaired) electrons. The van der Waals surface area contributed by atoms with Crippen LogP contribution in [0.15, 0.2) is 51.7 Å².